The van der Waals surface area contributed by atoms with Gasteiger partial charge in [0.2, 0.25) is 0 Å². The fraction of sp³-hybridized carbons (Fsp3) is 0. The lowest BCUT2D eigenvalue weighted by atomic mass is 10.1. The minimum atomic E-state index is -1.24. The molecular formula is C28H24N4O8. The van der Waals surface area contributed by atoms with Crippen LogP contribution in [0.4, 0.5) is 32.3 Å². The number of para-hydroxylation sites is 2. The molecule has 0 saturated heterocycles. The Kier molecular flexibility index (Phi) is 9.62. The van der Waals surface area contributed by atoms with Gasteiger partial charge in [0, 0.05) is 11.4 Å². The Morgan fingerprint density at radius 1 is 0.475 bits per heavy atom. The third kappa shape index (κ3) is 8.52. The quantitative estimate of drug-likeness (QED) is 0.146. The summed E-state index contributed by atoms with van der Waals surface area (Å²) in [5, 5.41) is 46.5. The van der Waals surface area contributed by atoms with Gasteiger partial charge in [-0.3, -0.25) is 0 Å². The number of hydrogen-bond acceptors (Lipinski definition) is 6. The summed E-state index contributed by atoms with van der Waals surface area (Å²) < 4.78 is 0. The number of benzene rings is 4. The minimum Gasteiger partial charge on any atom is -0.508 e. The summed E-state index contributed by atoms with van der Waals surface area (Å²) in [5.74, 6) is -2.85. The van der Waals surface area contributed by atoms with E-state index in [0.717, 1.165) is 12.1 Å². The van der Waals surface area contributed by atoms with Crippen LogP contribution in [-0.4, -0.2) is 44.4 Å². The Bertz CT molecular complexity index is 1400. The Labute approximate surface area is 227 Å². The molecule has 0 saturated carbocycles. The Morgan fingerprint density at radius 3 is 1.15 bits per heavy atom. The molecule has 0 bridgehead atoms. The van der Waals surface area contributed by atoms with E-state index in [9.17, 15) is 29.4 Å². The standard InChI is InChI=1S/2C14H12N2O4/c2*17-10-6-7-12(11(8-10)13(18)19)16-14(20)15-9-4-2-1-3-5-9/h2*1-8,17H,(H,18,19)(H2,15,16,20). The zero-order valence-corrected chi connectivity index (χ0v) is 20.7. The number of hydrogen-bond donors (Lipinski definition) is 8. The number of anilines is 4. The molecule has 204 valence electrons. The number of carbonyl (C=O) groups is 4. The van der Waals surface area contributed by atoms with Crippen molar-refractivity contribution in [1.82, 2.24) is 0 Å². The number of rotatable bonds is 6. The summed E-state index contributed by atoms with van der Waals surface area (Å²) in [6.07, 6.45) is 0. The van der Waals surface area contributed by atoms with Crippen LogP contribution in [0.15, 0.2) is 97.1 Å². The Morgan fingerprint density at radius 2 is 0.825 bits per heavy atom. The molecule has 0 aromatic heterocycles. The molecule has 0 atom stereocenters. The van der Waals surface area contributed by atoms with Gasteiger partial charge in [0.15, 0.2) is 0 Å². The molecule has 0 aliphatic heterocycles. The smallest absolute Gasteiger partial charge is 0.337 e. The molecule has 4 aromatic rings. The maximum atomic E-state index is 11.8. The second-order valence-electron chi connectivity index (χ2n) is 7.96. The predicted octanol–water partition coefficient (Wildman–Crippen LogP) is 5.47. The highest BCUT2D eigenvalue weighted by atomic mass is 16.4. The maximum absolute atomic E-state index is 11.8. The van der Waals surface area contributed by atoms with Crippen molar-refractivity contribution in [2.45, 2.75) is 0 Å². The van der Waals surface area contributed by atoms with Gasteiger partial charge in [0.25, 0.3) is 0 Å². The largest absolute Gasteiger partial charge is 0.508 e. The van der Waals surface area contributed by atoms with E-state index >= 15 is 0 Å². The van der Waals surface area contributed by atoms with Crippen molar-refractivity contribution in [1.29, 1.82) is 0 Å². The van der Waals surface area contributed by atoms with Crippen LogP contribution in [0, 0.1) is 0 Å². The van der Waals surface area contributed by atoms with Crippen molar-refractivity contribution in [3.63, 3.8) is 0 Å². The number of amides is 4. The molecule has 0 aliphatic carbocycles. The third-order valence-electron chi connectivity index (χ3n) is 5.03. The van der Waals surface area contributed by atoms with E-state index in [4.69, 9.17) is 10.2 Å². The van der Waals surface area contributed by atoms with Gasteiger partial charge in [-0.2, -0.15) is 0 Å². The van der Waals surface area contributed by atoms with E-state index in [1.807, 2.05) is 12.1 Å². The summed E-state index contributed by atoms with van der Waals surface area (Å²) in [7, 11) is 0. The van der Waals surface area contributed by atoms with Crippen LogP contribution in [0.5, 0.6) is 11.5 Å². The molecule has 4 aromatic carbocycles. The predicted molar refractivity (Wildman–Crippen MR) is 148 cm³/mol. The monoisotopic (exact) mass is 544 g/mol. The van der Waals surface area contributed by atoms with E-state index in [1.165, 1.54) is 24.3 Å². The molecular weight excluding hydrogens is 520 g/mol. The Balaban J connectivity index is 0.000000220. The minimum absolute atomic E-state index is 0.101. The van der Waals surface area contributed by atoms with E-state index < -0.39 is 24.0 Å². The summed E-state index contributed by atoms with van der Waals surface area (Å²) in [6, 6.07) is 23.7. The molecule has 40 heavy (non-hydrogen) atoms. The molecule has 4 amide bonds. The summed E-state index contributed by atoms with van der Waals surface area (Å²) >= 11 is 0. The van der Waals surface area contributed by atoms with E-state index in [2.05, 4.69) is 21.3 Å². The highest BCUT2D eigenvalue weighted by Gasteiger charge is 2.14. The highest BCUT2D eigenvalue weighted by molar-refractivity contribution is 6.05. The van der Waals surface area contributed by atoms with Gasteiger partial charge in [-0.15, -0.1) is 0 Å². The molecule has 12 heteroatoms. The summed E-state index contributed by atoms with van der Waals surface area (Å²) in [5.41, 5.74) is 0.996. The average molecular weight is 545 g/mol. The van der Waals surface area contributed by atoms with Crippen LogP contribution in [0.1, 0.15) is 20.7 Å². The Hall–Kier alpha value is -6.04. The van der Waals surface area contributed by atoms with E-state index in [-0.39, 0.29) is 34.0 Å². The van der Waals surface area contributed by atoms with E-state index in [1.54, 1.807) is 48.5 Å². The molecule has 8 N–H and O–H groups in total. The number of phenolic OH excluding ortho intramolecular Hbond substituents is 2. The molecule has 0 unspecified atom stereocenters. The van der Waals surface area contributed by atoms with Gasteiger partial charge in [-0.05, 0) is 60.7 Å². The zero-order chi connectivity index (χ0) is 29.1. The van der Waals surface area contributed by atoms with Crippen LogP contribution >= 0.6 is 0 Å². The van der Waals surface area contributed by atoms with Crippen molar-refractivity contribution < 1.29 is 39.6 Å². The second kappa shape index (κ2) is 13.5. The van der Waals surface area contributed by atoms with Crippen molar-refractivity contribution >= 4 is 46.8 Å². The lowest BCUT2D eigenvalue weighted by Crippen LogP contribution is -2.20. The number of aromatic hydroxyl groups is 2. The van der Waals surface area contributed by atoms with Gasteiger partial charge in [0.1, 0.15) is 11.5 Å². The fourth-order valence-corrected chi connectivity index (χ4v) is 3.25. The highest BCUT2D eigenvalue weighted by Crippen LogP contribution is 2.22. The van der Waals surface area contributed by atoms with Gasteiger partial charge >= 0.3 is 24.0 Å². The van der Waals surface area contributed by atoms with Crippen LogP contribution in [-0.2, 0) is 0 Å². The number of nitrogens with one attached hydrogen (secondary N) is 4. The number of carbonyl (C=O) groups excluding carboxylic acids is 2. The van der Waals surface area contributed by atoms with Gasteiger partial charge in [-0.25, -0.2) is 19.2 Å². The van der Waals surface area contributed by atoms with Crippen LogP contribution in [0.3, 0.4) is 0 Å². The molecule has 0 aliphatic rings. The van der Waals surface area contributed by atoms with E-state index in [0.29, 0.717) is 11.4 Å². The molecule has 0 fully saturated rings. The third-order valence-corrected chi connectivity index (χ3v) is 5.03. The maximum Gasteiger partial charge on any atom is 0.337 e. The number of carboxylic acids is 2. The van der Waals surface area contributed by atoms with Crippen molar-refractivity contribution in [3.05, 3.63) is 108 Å². The first-order valence-electron chi connectivity index (χ1n) is 11.5. The second-order valence-corrected chi connectivity index (χ2v) is 7.96. The first kappa shape index (κ1) is 28.5. The van der Waals surface area contributed by atoms with Crippen LogP contribution < -0.4 is 21.3 Å². The van der Waals surface area contributed by atoms with Crippen molar-refractivity contribution in [2.75, 3.05) is 21.3 Å². The first-order valence-corrected chi connectivity index (χ1v) is 11.5. The number of phenols is 2. The number of urea groups is 2. The van der Waals surface area contributed by atoms with Crippen LogP contribution in [0.2, 0.25) is 0 Å². The topological polar surface area (TPSA) is 197 Å². The fourth-order valence-electron chi connectivity index (χ4n) is 3.25. The molecule has 0 spiro atoms. The average Bonchev–Trinajstić information content (AvgIpc) is 2.92. The summed E-state index contributed by atoms with van der Waals surface area (Å²) in [6.45, 7) is 0. The van der Waals surface area contributed by atoms with Crippen molar-refractivity contribution in [2.24, 2.45) is 0 Å². The summed E-state index contributed by atoms with van der Waals surface area (Å²) in [4.78, 5) is 45.6. The normalized spacial score (nSPS) is 9.80. The lowest BCUT2D eigenvalue weighted by Gasteiger charge is -2.10. The van der Waals surface area contributed by atoms with Gasteiger partial charge < -0.3 is 41.7 Å². The van der Waals surface area contributed by atoms with Gasteiger partial charge in [0.05, 0.1) is 22.5 Å². The number of aromatic carboxylic acids is 2. The molecule has 4 rings (SSSR count). The SMILES string of the molecule is O=C(Nc1ccccc1)Nc1ccc(O)cc1C(=O)O.O=C(Nc1ccccc1)Nc1ccc(O)cc1C(=O)O. The lowest BCUT2D eigenvalue weighted by molar-refractivity contribution is 0.0686. The van der Waals surface area contributed by atoms with Crippen molar-refractivity contribution in [3.8, 4) is 11.5 Å². The molecule has 0 heterocycles. The number of carboxylic acid groups (broad SMARTS) is 2. The molecule has 12 nitrogen and oxygen atoms in total. The van der Waals surface area contributed by atoms with Crippen LogP contribution in [0.25, 0.3) is 0 Å². The molecule has 0 radical (unpaired) electrons. The first-order chi connectivity index (χ1) is 19.1. The van der Waals surface area contributed by atoms with Gasteiger partial charge in [-0.1, -0.05) is 36.4 Å². The zero-order valence-electron chi connectivity index (χ0n) is 20.7.